The molecule has 0 unspecified atom stereocenters. The van der Waals surface area contributed by atoms with Gasteiger partial charge in [0.15, 0.2) is 0 Å². The highest BCUT2D eigenvalue weighted by molar-refractivity contribution is 7.89. The average molecular weight is 397 g/mol. The van der Waals surface area contributed by atoms with Gasteiger partial charge >= 0.3 is 0 Å². The summed E-state index contributed by atoms with van der Waals surface area (Å²) in [6.45, 7) is 1.54. The van der Waals surface area contributed by atoms with Gasteiger partial charge in [-0.25, -0.2) is 8.42 Å². The Hall–Kier alpha value is -2.09. The second-order valence-corrected chi connectivity index (χ2v) is 8.21. The van der Waals surface area contributed by atoms with Crippen molar-refractivity contribution < 1.29 is 17.9 Å². The zero-order valence-corrected chi connectivity index (χ0v) is 16.3. The zero-order chi connectivity index (χ0) is 19.3. The third-order valence-corrected chi connectivity index (χ3v) is 5.97. The summed E-state index contributed by atoms with van der Waals surface area (Å²) >= 11 is 6.00. The molecule has 0 spiro atoms. The Kier molecular flexibility index (Phi) is 6.63. The maximum absolute atomic E-state index is 12.6. The number of rotatable bonds is 7. The summed E-state index contributed by atoms with van der Waals surface area (Å²) in [5.41, 5.74) is 0.938. The van der Waals surface area contributed by atoms with Gasteiger partial charge in [0, 0.05) is 7.05 Å². The molecule has 0 radical (unpaired) electrons. The van der Waals surface area contributed by atoms with Crippen LogP contribution in [0.3, 0.4) is 0 Å². The van der Waals surface area contributed by atoms with Gasteiger partial charge in [-0.1, -0.05) is 41.9 Å². The lowest BCUT2D eigenvalue weighted by Crippen LogP contribution is -2.39. The van der Waals surface area contributed by atoms with E-state index >= 15 is 0 Å². The number of sulfonamides is 1. The smallest absolute Gasteiger partial charge is 0.243 e. The number of methoxy groups -OCH3 is 1. The van der Waals surface area contributed by atoms with Gasteiger partial charge in [0.2, 0.25) is 15.9 Å². The van der Waals surface area contributed by atoms with E-state index < -0.39 is 15.9 Å². The highest BCUT2D eigenvalue weighted by atomic mass is 35.5. The molecule has 2 aromatic rings. The monoisotopic (exact) mass is 396 g/mol. The molecule has 1 amide bonds. The first-order valence-corrected chi connectivity index (χ1v) is 9.71. The van der Waals surface area contributed by atoms with Crippen molar-refractivity contribution >= 4 is 27.5 Å². The number of carbonyl (C=O) groups is 1. The van der Waals surface area contributed by atoms with Gasteiger partial charge in [-0.15, -0.1) is 0 Å². The molecule has 2 rings (SSSR count). The molecule has 0 aliphatic heterocycles. The second-order valence-electron chi connectivity index (χ2n) is 5.76. The van der Waals surface area contributed by atoms with Crippen LogP contribution < -0.4 is 10.1 Å². The van der Waals surface area contributed by atoms with Crippen LogP contribution in [0.2, 0.25) is 5.02 Å². The van der Waals surface area contributed by atoms with Gasteiger partial charge in [-0.05, 0) is 30.7 Å². The lowest BCUT2D eigenvalue weighted by molar-refractivity contribution is -0.121. The summed E-state index contributed by atoms with van der Waals surface area (Å²) in [6, 6.07) is 13.4. The lowest BCUT2D eigenvalue weighted by Gasteiger charge is -2.19. The molecule has 6 nitrogen and oxygen atoms in total. The Bertz CT molecular complexity index is 872. The van der Waals surface area contributed by atoms with Gasteiger partial charge in [0.25, 0.3) is 0 Å². The molecule has 0 aliphatic rings. The van der Waals surface area contributed by atoms with Crippen molar-refractivity contribution in [1.29, 1.82) is 0 Å². The van der Waals surface area contributed by atoms with Gasteiger partial charge in [-0.3, -0.25) is 4.79 Å². The standard InChI is InChI=1S/C18H21ClN2O4S/c1-13(14-7-5-4-6-8-14)20-18(22)12-21(2)26(23,24)15-9-10-17(25-3)16(19)11-15/h4-11,13H,12H2,1-3H3,(H,20,22)/t13-/m0/s1. The van der Waals surface area contributed by atoms with Crippen LogP contribution in [-0.4, -0.2) is 39.3 Å². The first-order chi connectivity index (χ1) is 12.3. The van der Waals surface area contributed by atoms with Crippen molar-refractivity contribution in [2.24, 2.45) is 0 Å². The predicted octanol–water partition coefficient (Wildman–Crippen LogP) is 2.85. The minimum absolute atomic E-state index is 0.00490. The Balaban J connectivity index is 2.06. The molecule has 1 N–H and O–H groups in total. The quantitative estimate of drug-likeness (QED) is 0.780. The zero-order valence-electron chi connectivity index (χ0n) is 14.8. The maximum atomic E-state index is 12.6. The van der Waals surface area contributed by atoms with Crippen LogP contribution in [0.25, 0.3) is 0 Å². The number of benzene rings is 2. The summed E-state index contributed by atoms with van der Waals surface area (Å²) in [7, 11) is -1.06. The van der Waals surface area contributed by atoms with Crippen LogP contribution in [0, 0.1) is 0 Å². The number of hydrogen-bond acceptors (Lipinski definition) is 4. The fraction of sp³-hybridized carbons (Fsp3) is 0.278. The second kappa shape index (κ2) is 8.53. The van der Waals surface area contributed by atoms with Crippen molar-refractivity contribution in [3.8, 4) is 5.75 Å². The molecule has 0 saturated heterocycles. The van der Waals surface area contributed by atoms with E-state index in [4.69, 9.17) is 16.3 Å². The molecule has 26 heavy (non-hydrogen) atoms. The SMILES string of the molecule is COc1ccc(S(=O)(=O)N(C)CC(=O)N[C@@H](C)c2ccccc2)cc1Cl. The normalized spacial score (nSPS) is 12.7. The van der Waals surface area contributed by atoms with E-state index in [-0.39, 0.29) is 22.5 Å². The number of hydrogen-bond donors (Lipinski definition) is 1. The highest BCUT2D eigenvalue weighted by Crippen LogP contribution is 2.28. The van der Waals surface area contributed by atoms with Crippen molar-refractivity contribution in [3.63, 3.8) is 0 Å². The topological polar surface area (TPSA) is 75.7 Å². The van der Waals surface area contributed by atoms with Crippen molar-refractivity contribution in [2.75, 3.05) is 20.7 Å². The molecule has 1 atom stereocenters. The number of amides is 1. The fourth-order valence-electron chi connectivity index (χ4n) is 2.39. The largest absolute Gasteiger partial charge is 0.495 e. The number of nitrogens with one attached hydrogen (secondary N) is 1. The van der Waals surface area contributed by atoms with E-state index in [1.807, 2.05) is 37.3 Å². The molecule has 0 bridgehead atoms. The van der Waals surface area contributed by atoms with E-state index in [0.717, 1.165) is 9.87 Å². The number of nitrogens with zero attached hydrogens (tertiary/aromatic N) is 1. The van der Waals surface area contributed by atoms with E-state index in [0.29, 0.717) is 5.75 Å². The number of likely N-dealkylation sites (N-methyl/N-ethyl adjacent to an activating group) is 1. The van der Waals surface area contributed by atoms with Crippen molar-refractivity contribution in [2.45, 2.75) is 17.9 Å². The Morgan fingerprint density at radius 1 is 1.23 bits per heavy atom. The molecule has 140 valence electrons. The molecule has 0 fully saturated rings. The highest BCUT2D eigenvalue weighted by Gasteiger charge is 2.24. The van der Waals surface area contributed by atoms with Gasteiger partial charge < -0.3 is 10.1 Å². The summed E-state index contributed by atoms with van der Waals surface area (Å²) in [5.74, 6) is -0.0188. The molecule has 0 aromatic heterocycles. The first kappa shape index (κ1) is 20.2. The van der Waals surface area contributed by atoms with E-state index in [2.05, 4.69) is 5.32 Å². The van der Waals surface area contributed by atoms with Crippen LogP contribution in [0.5, 0.6) is 5.75 Å². The van der Waals surface area contributed by atoms with E-state index in [1.165, 1.54) is 32.4 Å². The van der Waals surface area contributed by atoms with Gasteiger partial charge in [0.1, 0.15) is 5.75 Å². The molecule has 2 aromatic carbocycles. The van der Waals surface area contributed by atoms with Gasteiger partial charge in [-0.2, -0.15) is 4.31 Å². The molecular weight excluding hydrogens is 376 g/mol. The summed E-state index contributed by atoms with van der Waals surface area (Å²) in [5, 5.41) is 2.97. The van der Waals surface area contributed by atoms with Crippen LogP contribution in [-0.2, 0) is 14.8 Å². The van der Waals surface area contributed by atoms with Gasteiger partial charge in [0.05, 0.1) is 29.6 Å². The summed E-state index contributed by atoms with van der Waals surface area (Å²) < 4.78 is 31.2. The average Bonchev–Trinajstić information content (AvgIpc) is 2.62. The van der Waals surface area contributed by atoms with Crippen LogP contribution in [0.1, 0.15) is 18.5 Å². The minimum atomic E-state index is -3.85. The van der Waals surface area contributed by atoms with E-state index in [1.54, 1.807) is 0 Å². The fourth-order valence-corrected chi connectivity index (χ4v) is 3.86. The number of carbonyl (C=O) groups excluding carboxylic acids is 1. The summed E-state index contributed by atoms with van der Waals surface area (Å²) in [6.07, 6.45) is 0. The van der Waals surface area contributed by atoms with Crippen LogP contribution >= 0.6 is 11.6 Å². The van der Waals surface area contributed by atoms with E-state index in [9.17, 15) is 13.2 Å². The van der Waals surface area contributed by atoms with Crippen molar-refractivity contribution in [1.82, 2.24) is 9.62 Å². The third-order valence-electron chi connectivity index (χ3n) is 3.87. The molecule has 0 aliphatic carbocycles. The third kappa shape index (κ3) is 4.75. The lowest BCUT2D eigenvalue weighted by atomic mass is 10.1. The molecular formula is C18H21ClN2O4S. The first-order valence-electron chi connectivity index (χ1n) is 7.90. The molecule has 8 heteroatoms. The molecule has 0 heterocycles. The Morgan fingerprint density at radius 3 is 2.46 bits per heavy atom. The predicted molar refractivity (Wildman–Crippen MR) is 101 cm³/mol. The summed E-state index contributed by atoms with van der Waals surface area (Å²) in [4.78, 5) is 12.2. The Labute approximate surface area is 158 Å². The van der Waals surface area contributed by atoms with Crippen molar-refractivity contribution in [3.05, 3.63) is 59.1 Å². The number of ether oxygens (including phenoxy) is 1. The Morgan fingerprint density at radius 2 is 1.88 bits per heavy atom. The maximum Gasteiger partial charge on any atom is 0.243 e. The minimum Gasteiger partial charge on any atom is -0.495 e. The van der Waals surface area contributed by atoms with Crippen LogP contribution in [0.15, 0.2) is 53.4 Å². The molecule has 0 saturated carbocycles. The van der Waals surface area contributed by atoms with Crippen LogP contribution in [0.4, 0.5) is 0 Å². The number of halogens is 1.